The van der Waals surface area contributed by atoms with Crippen molar-refractivity contribution in [2.24, 2.45) is 33.3 Å². The van der Waals surface area contributed by atoms with E-state index in [2.05, 4.69) is 42.5 Å². The highest BCUT2D eigenvalue weighted by Crippen LogP contribution is 2.31. The Balaban J connectivity index is 0.000000259. The number of nitrogens with zero attached hydrogens (tertiary/aromatic N) is 5. The molecule has 4 rings (SSSR count). The smallest absolute Gasteiger partial charge is 0.302 e. The summed E-state index contributed by atoms with van der Waals surface area (Å²) < 4.78 is 22.0. The van der Waals surface area contributed by atoms with Crippen LogP contribution in [0.4, 0.5) is 11.6 Å². The predicted molar refractivity (Wildman–Crippen MR) is 172 cm³/mol. The van der Waals surface area contributed by atoms with Gasteiger partial charge in [0.2, 0.25) is 0 Å². The predicted octanol–water partition coefficient (Wildman–Crippen LogP) is 3.08. The van der Waals surface area contributed by atoms with Crippen LogP contribution in [0.2, 0.25) is 0 Å². The average molecular weight is 676 g/mol. The zero-order valence-corrected chi connectivity index (χ0v) is 27.7. The van der Waals surface area contributed by atoms with Crippen LogP contribution in [-0.2, 0) is 35.1 Å². The molecule has 7 N–H and O–H groups in total. The fourth-order valence-corrected chi connectivity index (χ4v) is 4.60. The van der Waals surface area contributed by atoms with Gasteiger partial charge in [-0.05, 0) is 25.2 Å². The van der Waals surface area contributed by atoms with Gasteiger partial charge in [-0.25, -0.2) is 20.0 Å². The molecule has 0 saturated heterocycles. The normalized spacial score (nSPS) is 17.6. The largest absolute Gasteiger partial charge is 0.466 e. The summed E-state index contributed by atoms with van der Waals surface area (Å²) in [7, 11) is 3.32. The number of nitrogens with one attached hydrogen (secondary N) is 3. The summed E-state index contributed by atoms with van der Waals surface area (Å²) in [5.41, 5.74) is 11.4. The maximum absolute atomic E-state index is 11.0. The SMILES string of the molecule is CC[C@@H](CCOC)COC(C)=O.COCC[C@@H](COC(C)=O)Cn1cnc2c1NC(N)=NC2Cl.NC1=NC(Cl)c2[nH]cnc2N1. The second-order valence-electron chi connectivity index (χ2n) is 10.1. The number of alkyl halides is 2. The van der Waals surface area contributed by atoms with Crippen LogP contribution in [-0.4, -0.2) is 84.0 Å². The van der Waals surface area contributed by atoms with Gasteiger partial charge in [0.25, 0.3) is 0 Å². The Bertz CT molecular complexity index is 1270. The Hall–Kier alpha value is -3.60. The van der Waals surface area contributed by atoms with Gasteiger partial charge in [0.15, 0.2) is 28.7 Å². The van der Waals surface area contributed by atoms with Gasteiger partial charge in [-0.1, -0.05) is 30.1 Å². The molecule has 2 aromatic rings. The number of nitrogens with two attached hydrogens (primary N) is 2. The maximum Gasteiger partial charge on any atom is 0.302 e. The zero-order chi connectivity index (χ0) is 33.4. The van der Waals surface area contributed by atoms with Crippen molar-refractivity contribution < 1.29 is 28.5 Å². The summed E-state index contributed by atoms with van der Waals surface area (Å²) >= 11 is 11.9. The van der Waals surface area contributed by atoms with Gasteiger partial charge >= 0.3 is 11.9 Å². The lowest BCUT2D eigenvalue weighted by atomic mass is 10.0. The van der Waals surface area contributed by atoms with E-state index >= 15 is 0 Å². The molecule has 0 bridgehead atoms. The number of aromatic amines is 1. The highest BCUT2D eigenvalue weighted by atomic mass is 35.5. The van der Waals surface area contributed by atoms with Crippen LogP contribution in [0.25, 0.3) is 0 Å². The summed E-state index contributed by atoms with van der Waals surface area (Å²) in [4.78, 5) is 40.4. The van der Waals surface area contributed by atoms with E-state index in [1.54, 1.807) is 26.9 Å². The molecule has 0 spiro atoms. The van der Waals surface area contributed by atoms with Gasteiger partial charge in [0.1, 0.15) is 11.5 Å². The van der Waals surface area contributed by atoms with Crippen molar-refractivity contribution >= 4 is 58.7 Å². The molecule has 0 fully saturated rings. The lowest BCUT2D eigenvalue weighted by molar-refractivity contribution is -0.143. The number of halogens is 2. The number of carbonyl (C=O) groups is 2. The second-order valence-corrected chi connectivity index (χ2v) is 10.9. The zero-order valence-electron chi connectivity index (χ0n) is 26.2. The quantitative estimate of drug-likeness (QED) is 0.118. The third-order valence-corrected chi connectivity index (χ3v) is 7.15. The highest BCUT2D eigenvalue weighted by molar-refractivity contribution is 6.22. The first-order valence-corrected chi connectivity index (χ1v) is 15.2. The lowest BCUT2D eigenvalue weighted by Gasteiger charge is -2.21. The summed E-state index contributed by atoms with van der Waals surface area (Å²) in [5, 5.41) is 5.74. The number of esters is 2. The van der Waals surface area contributed by atoms with Crippen LogP contribution in [0.1, 0.15) is 62.4 Å². The van der Waals surface area contributed by atoms with Crippen molar-refractivity contribution in [3.8, 4) is 0 Å². The minimum atomic E-state index is -0.594. The van der Waals surface area contributed by atoms with Crippen LogP contribution < -0.4 is 22.1 Å². The van der Waals surface area contributed by atoms with Crippen LogP contribution in [0.15, 0.2) is 22.6 Å². The number of rotatable bonds is 13. The van der Waals surface area contributed by atoms with Crippen molar-refractivity contribution in [3.63, 3.8) is 0 Å². The molecule has 2 aliphatic heterocycles. The number of ether oxygens (including phenoxy) is 4. The van der Waals surface area contributed by atoms with Gasteiger partial charge in [0.05, 0.1) is 31.6 Å². The Morgan fingerprint density at radius 3 is 2.11 bits per heavy atom. The molecule has 45 heavy (non-hydrogen) atoms. The number of aromatic nitrogens is 4. The van der Waals surface area contributed by atoms with Crippen LogP contribution in [0.5, 0.6) is 0 Å². The number of fused-ring (bicyclic) bond motifs is 2. The van der Waals surface area contributed by atoms with Crippen molar-refractivity contribution in [1.29, 1.82) is 0 Å². The minimum Gasteiger partial charge on any atom is -0.466 e. The number of anilines is 2. The summed E-state index contributed by atoms with van der Waals surface area (Å²) in [5.74, 6) is 1.95. The Kier molecular flexibility index (Phi) is 16.5. The Morgan fingerprint density at radius 1 is 0.933 bits per heavy atom. The Labute approximate surface area is 272 Å². The van der Waals surface area contributed by atoms with Crippen LogP contribution >= 0.6 is 23.2 Å². The molecule has 252 valence electrons. The molecule has 2 unspecified atom stereocenters. The molecule has 18 heteroatoms. The number of hydrogen-bond acceptors (Lipinski definition) is 14. The summed E-state index contributed by atoms with van der Waals surface area (Å²) in [6, 6.07) is 0. The molecular formula is C27H44Cl2N10O6. The number of imidazole rings is 2. The topological polar surface area (TPSA) is 218 Å². The molecule has 0 radical (unpaired) electrons. The van der Waals surface area contributed by atoms with Gasteiger partial charge < -0.3 is 50.6 Å². The fourth-order valence-electron chi connectivity index (χ4n) is 4.06. The maximum atomic E-state index is 11.0. The fraction of sp³-hybridized carbons (Fsp3) is 0.630. The van der Waals surface area contributed by atoms with E-state index in [-0.39, 0.29) is 23.8 Å². The molecule has 0 aliphatic carbocycles. The van der Waals surface area contributed by atoms with E-state index in [4.69, 9.17) is 53.6 Å². The number of carbonyl (C=O) groups excluding carboxylic acids is 2. The lowest BCUT2D eigenvalue weighted by Crippen LogP contribution is -2.29. The monoisotopic (exact) mass is 674 g/mol. The molecule has 2 aromatic heterocycles. The molecule has 0 aromatic carbocycles. The summed E-state index contributed by atoms with van der Waals surface area (Å²) in [6.07, 6.45) is 5.96. The molecular weight excluding hydrogens is 631 g/mol. The highest BCUT2D eigenvalue weighted by Gasteiger charge is 2.25. The van der Waals surface area contributed by atoms with E-state index in [1.165, 1.54) is 13.8 Å². The van der Waals surface area contributed by atoms with Crippen LogP contribution in [0, 0.1) is 11.8 Å². The number of aliphatic imine (C=N–C) groups is 2. The van der Waals surface area contributed by atoms with Crippen molar-refractivity contribution in [2.45, 2.75) is 57.6 Å². The number of guanidine groups is 2. The first kappa shape index (κ1) is 37.6. The van der Waals surface area contributed by atoms with Crippen molar-refractivity contribution in [1.82, 2.24) is 19.5 Å². The van der Waals surface area contributed by atoms with E-state index in [9.17, 15) is 9.59 Å². The molecule has 16 nitrogen and oxygen atoms in total. The standard InChI is InChI=1S/C13H20ClN5O3.C9H18O3.C5H6ClN5/c1-8(20)22-6-9(3-4-21-2)5-19-7-16-10-11(14)17-13(15)18-12(10)19;1-4-9(5-6-11-3)7-12-8(2)10;6-3-2-4(9-1-8-2)11-5(7)10-3/h7,9,11H,3-6H2,1-2H3,(H3,15,17,18);9H,4-7H2,1-3H3;1,3H,(H,8,9)(H3,7,10,11)/t9-,11?;9-;/m10./s1. The number of methoxy groups -OCH3 is 2. The van der Waals surface area contributed by atoms with Gasteiger partial charge in [-0.3, -0.25) is 9.59 Å². The Morgan fingerprint density at radius 2 is 1.51 bits per heavy atom. The summed E-state index contributed by atoms with van der Waals surface area (Å²) in [6.45, 7) is 7.67. The third-order valence-electron chi connectivity index (χ3n) is 6.53. The first-order chi connectivity index (χ1) is 21.5. The van der Waals surface area contributed by atoms with E-state index in [0.29, 0.717) is 49.8 Å². The third kappa shape index (κ3) is 13.1. The molecule has 4 atom stereocenters. The van der Waals surface area contributed by atoms with Crippen molar-refractivity contribution in [3.05, 3.63) is 24.0 Å². The molecule has 0 amide bonds. The van der Waals surface area contributed by atoms with Gasteiger partial charge in [-0.15, -0.1) is 0 Å². The van der Waals surface area contributed by atoms with Gasteiger partial charge in [-0.2, -0.15) is 0 Å². The second kappa shape index (κ2) is 19.7. The first-order valence-electron chi connectivity index (χ1n) is 14.3. The van der Waals surface area contributed by atoms with E-state index in [0.717, 1.165) is 37.4 Å². The van der Waals surface area contributed by atoms with Crippen molar-refractivity contribution in [2.75, 3.05) is 51.3 Å². The van der Waals surface area contributed by atoms with E-state index in [1.807, 2.05) is 4.57 Å². The molecule has 2 aliphatic rings. The average Bonchev–Trinajstić information content (AvgIpc) is 3.62. The number of hydrogen-bond donors (Lipinski definition) is 5. The molecule has 4 heterocycles. The van der Waals surface area contributed by atoms with Crippen LogP contribution in [0.3, 0.4) is 0 Å². The molecule has 0 saturated carbocycles. The van der Waals surface area contributed by atoms with E-state index < -0.39 is 11.0 Å². The minimum absolute atomic E-state index is 0.0952. The van der Waals surface area contributed by atoms with Gasteiger partial charge in [0, 0.05) is 53.7 Å². The number of H-pyrrole nitrogens is 1.